The van der Waals surface area contributed by atoms with Gasteiger partial charge in [-0.15, -0.1) is 0 Å². The lowest BCUT2D eigenvalue weighted by Crippen LogP contribution is -2.24. The van der Waals surface area contributed by atoms with Crippen LogP contribution in [-0.2, 0) is 10.5 Å². The Bertz CT molecular complexity index is 1010. The van der Waals surface area contributed by atoms with E-state index in [4.69, 9.17) is 9.47 Å². The number of benzene rings is 1. The molecule has 27 heavy (non-hydrogen) atoms. The van der Waals surface area contributed by atoms with E-state index in [1.165, 1.54) is 45.5 Å². The largest absolute Gasteiger partial charge is 0.503 e. The van der Waals surface area contributed by atoms with Crippen LogP contribution in [0.15, 0.2) is 28.6 Å². The first-order valence-electron chi connectivity index (χ1n) is 7.23. The van der Waals surface area contributed by atoms with E-state index in [0.29, 0.717) is 5.75 Å². The maximum Gasteiger partial charge on any atom is 0.455 e. The van der Waals surface area contributed by atoms with Gasteiger partial charge in [-0.05, 0) is 24.3 Å². The van der Waals surface area contributed by atoms with E-state index in [2.05, 4.69) is 4.36 Å². The van der Waals surface area contributed by atoms with E-state index >= 15 is 0 Å². The van der Waals surface area contributed by atoms with Gasteiger partial charge in [0, 0.05) is 19.8 Å². The molecule has 2 aromatic rings. The summed E-state index contributed by atoms with van der Waals surface area (Å²) in [4.78, 5) is 25.2. The molecule has 0 bridgehead atoms. The zero-order valence-corrected chi connectivity index (χ0v) is 15.2. The van der Waals surface area contributed by atoms with Gasteiger partial charge in [0.15, 0.2) is 11.4 Å². The molecule has 2 amide bonds. The molecule has 0 fully saturated rings. The summed E-state index contributed by atoms with van der Waals surface area (Å²) < 4.78 is 34.4. The third kappa shape index (κ3) is 4.00. The van der Waals surface area contributed by atoms with Gasteiger partial charge in [-0.25, -0.2) is 4.79 Å². The molecule has 1 heterocycles. The van der Waals surface area contributed by atoms with Crippen LogP contribution in [0, 0.1) is 0 Å². The zero-order valence-electron chi connectivity index (χ0n) is 14.4. The highest BCUT2D eigenvalue weighted by atomic mass is 32.2. The zero-order chi connectivity index (χ0) is 20.3. The summed E-state index contributed by atoms with van der Waals surface area (Å²) in [5.74, 6) is -2.70. The molecule has 0 aliphatic heterocycles. The minimum absolute atomic E-state index is 0.211. The Labute approximate surface area is 154 Å². The van der Waals surface area contributed by atoms with E-state index in [1.54, 1.807) is 0 Å². The highest BCUT2D eigenvalue weighted by Gasteiger charge is 2.31. The maximum absolute atomic E-state index is 12.5. The minimum Gasteiger partial charge on any atom is -0.503 e. The molecule has 2 N–H and O–H groups in total. The summed E-state index contributed by atoms with van der Waals surface area (Å²) in [6.45, 7) is 0. The van der Waals surface area contributed by atoms with Gasteiger partial charge in [-0.2, -0.15) is 8.42 Å². The van der Waals surface area contributed by atoms with Crippen molar-refractivity contribution in [3.63, 3.8) is 0 Å². The molecule has 0 unspecified atom stereocenters. The summed E-state index contributed by atoms with van der Waals surface area (Å²) in [7, 11) is 1.17. The standard InChI is InChI=1S/C15H15N3O8S/c1-17(2)13(21)10-11(19)12(20)14(26-15(22)16-27(23)24)18(10)8-4-6-9(25-3)7-5-8/h4-7,19-20H,1-3H3. The molecule has 0 aliphatic rings. The van der Waals surface area contributed by atoms with Crippen molar-refractivity contribution in [1.82, 2.24) is 9.47 Å². The Morgan fingerprint density at radius 1 is 1.11 bits per heavy atom. The number of amides is 2. The van der Waals surface area contributed by atoms with Gasteiger partial charge < -0.3 is 24.6 Å². The van der Waals surface area contributed by atoms with Crippen molar-refractivity contribution < 1.29 is 37.7 Å². The van der Waals surface area contributed by atoms with Crippen molar-refractivity contribution >= 4 is 22.5 Å². The van der Waals surface area contributed by atoms with Crippen molar-refractivity contribution in [3.05, 3.63) is 30.0 Å². The lowest BCUT2D eigenvalue weighted by atomic mass is 10.2. The molecule has 0 spiro atoms. The minimum atomic E-state index is -3.09. The fraction of sp³-hybridized carbons (Fsp3) is 0.200. The normalized spacial score (nSPS) is 10.2. The molecule has 0 radical (unpaired) electrons. The highest BCUT2D eigenvalue weighted by molar-refractivity contribution is 7.62. The second-order valence-electron chi connectivity index (χ2n) is 5.26. The highest BCUT2D eigenvalue weighted by Crippen LogP contribution is 2.44. The maximum atomic E-state index is 12.5. The van der Waals surface area contributed by atoms with E-state index in [1.807, 2.05) is 0 Å². The average molecular weight is 397 g/mol. The van der Waals surface area contributed by atoms with Crippen LogP contribution in [-0.4, -0.2) is 61.3 Å². The number of ether oxygens (including phenoxy) is 2. The molecule has 0 saturated carbocycles. The van der Waals surface area contributed by atoms with Crippen LogP contribution in [0.25, 0.3) is 5.69 Å². The number of hydrogen-bond acceptors (Lipinski definition) is 8. The number of methoxy groups -OCH3 is 1. The van der Waals surface area contributed by atoms with Gasteiger partial charge in [0.1, 0.15) is 5.75 Å². The van der Waals surface area contributed by atoms with Gasteiger partial charge in [-0.3, -0.25) is 9.36 Å². The predicted molar refractivity (Wildman–Crippen MR) is 91.0 cm³/mol. The number of rotatable bonds is 4. The number of aromatic hydroxyl groups is 2. The molecular formula is C15H15N3O8S. The Morgan fingerprint density at radius 3 is 2.19 bits per heavy atom. The van der Waals surface area contributed by atoms with Gasteiger partial charge in [0.25, 0.3) is 11.8 Å². The first-order chi connectivity index (χ1) is 12.7. The molecule has 0 aliphatic carbocycles. The number of carbonyl (C=O) groups is 2. The van der Waals surface area contributed by atoms with Crippen molar-refractivity contribution in [1.29, 1.82) is 0 Å². The van der Waals surface area contributed by atoms with Gasteiger partial charge in [0.2, 0.25) is 5.75 Å². The third-order valence-electron chi connectivity index (χ3n) is 3.35. The molecular weight excluding hydrogens is 382 g/mol. The van der Waals surface area contributed by atoms with Gasteiger partial charge >= 0.3 is 16.6 Å². The quantitative estimate of drug-likeness (QED) is 0.781. The van der Waals surface area contributed by atoms with Crippen LogP contribution >= 0.6 is 0 Å². The summed E-state index contributed by atoms with van der Waals surface area (Å²) in [5, 5.41) is 20.3. The Balaban J connectivity index is 2.74. The molecule has 1 aromatic heterocycles. The molecule has 2 rings (SSSR count). The van der Waals surface area contributed by atoms with E-state index < -0.39 is 45.6 Å². The van der Waals surface area contributed by atoms with Gasteiger partial charge in [-0.1, -0.05) is 4.36 Å². The lowest BCUT2D eigenvalue weighted by Gasteiger charge is -2.15. The Kier molecular flexibility index (Phi) is 5.70. The summed E-state index contributed by atoms with van der Waals surface area (Å²) >= 11 is 0. The molecule has 11 nitrogen and oxygen atoms in total. The van der Waals surface area contributed by atoms with E-state index in [-0.39, 0.29) is 5.69 Å². The van der Waals surface area contributed by atoms with Crippen molar-refractivity contribution in [3.8, 4) is 28.8 Å². The fourth-order valence-electron chi connectivity index (χ4n) is 2.17. The second-order valence-corrected chi connectivity index (χ2v) is 5.88. The topological polar surface area (TPSA) is 148 Å². The van der Waals surface area contributed by atoms with Crippen molar-refractivity contribution in [2.45, 2.75) is 0 Å². The predicted octanol–water partition coefficient (Wildman–Crippen LogP) is 1.16. The number of hydrogen-bond donors (Lipinski definition) is 2. The first-order valence-corrected chi connectivity index (χ1v) is 8.26. The lowest BCUT2D eigenvalue weighted by molar-refractivity contribution is 0.0815. The average Bonchev–Trinajstić information content (AvgIpc) is 2.85. The summed E-state index contributed by atoms with van der Waals surface area (Å²) in [6, 6.07) is 5.97. The fourth-order valence-corrected chi connectivity index (χ4v) is 2.33. The van der Waals surface area contributed by atoms with E-state index in [0.717, 1.165) is 9.47 Å². The van der Waals surface area contributed by atoms with Crippen LogP contribution < -0.4 is 9.47 Å². The summed E-state index contributed by atoms with van der Waals surface area (Å²) in [6.07, 6.45) is -1.57. The van der Waals surface area contributed by atoms with Gasteiger partial charge in [0.05, 0.1) is 7.11 Å². The number of carbonyl (C=O) groups excluding carboxylic acids is 2. The molecule has 0 atom stereocenters. The number of aromatic nitrogens is 1. The monoisotopic (exact) mass is 397 g/mol. The second kappa shape index (κ2) is 7.78. The third-order valence-corrected chi connectivity index (χ3v) is 3.65. The molecule has 0 saturated heterocycles. The van der Waals surface area contributed by atoms with Crippen LogP contribution in [0.4, 0.5) is 4.79 Å². The molecule has 144 valence electrons. The van der Waals surface area contributed by atoms with Crippen LogP contribution in [0.3, 0.4) is 0 Å². The SMILES string of the molecule is COc1ccc(-n2c(OC(=O)N=S(=O)=O)c(O)c(O)c2C(=O)N(C)C)cc1. The molecule has 1 aromatic carbocycles. The van der Waals surface area contributed by atoms with Crippen molar-refractivity contribution in [2.24, 2.45) is 4.36 Å². The van der Waals surface area contributed by atoms with Crippen LogP contribution in [0.1, 0.15) is 10.5 Å². The Morgan fingerprint density at radius 2 is 1.70 bits per heavy atom. The van der Waals surface area contributed by atoms with E-state index in [9.17, 15) is 28.2 Å². The Hall–Kier alpha value is -3.54. The number of nitrogens with zero attached hydrogens (tertiary/aromatic N) is 3. The first kappa shape index (κ1) is 19.8. The molecule has 12 heteroatoms. The summed E-state index contributed by atoms with van der Waals surface area (Å²) in [5.41, 5.74) is -0.198. The smallest absolute Gasteiger partial charge is 0.455 e. The van der Waals surface area contributed by atoms with Crippen LogP contribution in [0.2, 0.25) is 0 Å². The van der Waals surface area contributed by atoms with Crippen molar-refractivity contribution in [2.75, 3.05) is 21.2 Å². The van der Waals surface area contributed by atoms with Crippen LogP contribution in [0.5, 0.6) is 23.1 Å².